The maximum absolute atomic E-state index is 12.5. The second kappa shape index (κ2) is 9.63. The van der Waals surface area contributed by atoms with Gasteiger partial charge in [0.05, 0.1) is 24.7 Å². The molecule has 1 atom stereocenters. The predicted molar refractivity (Wildman–Crippen MR) is 97.7 cm³/mol. The first-order valence-corrected chi connectivity index (χ1v) is 9.78. The number of carbonyl (C=O) groups is 1. The van der Waals surface area contributed by atoms with Crippen LogP contribution in [0.3, 0.4) is 0 Å². The monoisotopic (exact) mass is 405 g/mol. The Morgan fingerprint density at radius 1 is 1.19 bits per heavy atom. The van der Waals surface area contributed by atoms with Crippen LogP contribution in [-0.2, 0) is 30.8 Å². The van der Waals surface area contributed by atoms with Crippen molar-refractivity contribution in [2.45, 2.75) is 17.5 Å². The van der Waals surface area contributed by atoms with Gasteiger partial charge < -0.3 is 20.1 Å². The SMILES string of the molecule is Cl.O=C(NCc1ccc(S(=O)(=O)N2CCOCC2)cc1)C1CNCCO1. The van der Waals surface area contributed by atoms with Crippen LogP contribution in [0.25, 0.3) is 0 Å². The van der Waals surface area contributed by atoms with Crippen molar-refractivity contribution in [2.75, 3.05) is 46.0 Å². The highest BCUT2D eigenvalue weighted by Gasteiger charge is 2.26. The summed E-state index contributed by atoms with van der Waals surface area (Å²) in [5, 5.41) is 5.91. The molecular weight excluding hydrogens is 382 g/mol. The molecule has 2 aliphatic heterocycles. The molecule has 0 bridgehead atoms. The Kier molecular flexibility index (Phi) is 7.81. The van der Waals surface area contributed by atoms with Gasteiger partial charge in [-0.25, -0.2) is 8.42 Å². The fourth-order valence-electron chi connectivity index (χ4n) is 2.75. The molecule has 8 nitrogen and oxygen atoms in total. The highest BCUT2D eigenvalue weighted by molar-refractivity contribution is 7.89. The molecule has 2 saturated heterocycles. The smallest absolute Gasteiger partial charge is 0.250 e. The van der Waals surface area contributed by atoms with Gasteiger partial charge in [-0.3, -0.25) is 4.79 Å². The molecular formula is C16H24ClN3O5S. The molecule has 0 spiro atoms. The van der Waals surface area contributed by atoms with E-state index in [-0.39, 0.29) is 23.2 Å². The zero-order chi connectivity index (χ0) is 17.7. The Balaban J connectivity index is 0.00000243. The molecule has 0 saturated carbocycles. The third-order valence-electron chi connectivity index (χ3n) is 4.22. The van der Waals surface area contributed by atoms with Crippen molar-refractivity contribution >= 4 is 28.3 Å². The van der Waals surface area contributed by atoms with E-state index in [0.29, 0.717) is 46.0 Å². The van der Waals surface area contributed by atoms with Gasteiger partial charge >= 0.3 is 0 Å². The van der Waals surface area contributed by atoms with Crippen LogP contribution in [0.4, 0.5) is 0 Å². The topological polar surface area (TPSA) is 97.0 Å². The first-order valence-electron chi connectivity index (χ1n) is 8.34. The zero-order valence-corrected chi connectivity index (χ0v) is 16.0. The first-order chi connectivity index (χ1) is 12.1. The molecule has 2 aliphatic rings. The Morgan fingerprint density at radius 3 is 2.50 bits per heavy atom. The van der Waals surface area contributed by atoms with Crippen LogP contribution in [0.1, 0.15) is 5.56 Å². The number of nitrogens with one attached hydrogen (secondary N) is 2. The van der Waals surface area contributed by atoms with E-state index in [1.165, 1.54) is 4.31 Å². The summed E-state index contributed by atoms with van der Waals surface area (Å²) in [5.74, 6) is -0.169. The summed E-state index contributed by atoms with van der Waals surface area (Å²) in [4.78, 5) is 12.3. The van der Waals surface area contributed by atoms with Crippen molar-refractivity contribution in [3.8, 4) is 0 Å². The first kappa shape index (κ1) is 21.1. The highest BCUT2D eigenvalue weighted by Crippen LogP contribution is 2.17. The van der Waals surface area contributed by atoms with E-state index in [0.717, 1.165) is 12.1 Å². The minimum atomic E-state index is -3.49. The van der Waals surface area contributed by atoms with Gasteiger partial charge in [-0.2, -0.15) is 4.31 Å². The number of ether oxygens (including phenoxy) is 2. The average Bonchev–Trinajstić information content (AvgIpc) is 2.68. The van der Waals surface area contributed by atoms with Crippen molar-refractivity contribution in [1.82, 2.24) is 14.9 Å². The van der Waals surface area contributed by atoms with Crippen LogP contribution in [-0.4, -0.2) is 70.7 Å². The van der Waals surface area contributed by atoms with Gasteiger partial charge in [0.2, 0.25) is 10.0 Å². The average molecular weight is 406 g/mol. The molecule has 1 unspecified atom stereocenters. The lowest BCUT2D eigenvalue weighted by Gasteiger charge is -2.26. The van der Waals surface area contributed by atoms with E-state index in [1.54, 1.807) is 24.3 Å². The van der Waals surface area contributed by atoms with Crippen LogP contribution < -0.4 is 10.6 Å². The van der Waals surface area contributed by atoms with Gasteiger partial charge in [-0.1, -0.05) is 12.1 Å². The Labute approximate surface area is 159 Å². The number of carbonyl (C=O) groups excluding carboxylic acids is 1. The van der Waals surface area contributed by atoms with E-state index in [4.69, 9.17) is 9.47 Å². The van der Waals surface area contributed by atoms with E-state index >= 15 is 0 Å². The van der Waals surface area contributed by atoms with Gasteiger partial charge in [-0.05, 0) is 17.7 Å². The maximum atomic E-state index is 12.5. The summed E-state index contributed by atoms with van der Waals surface area (Å²) in [7, 11) is -3.49. The summed E-state index contributed by atoms with van der Waals surface area (Å²) in [5.41, 5.74) is 0.832. The van der Waals surface area contributed by atoms with E-state index in [9.17, 15) is 13.2 Å². The van der Waals surface area contributed by atoms with Crippen molar-refractivity contribution in [1.29, 1.82) is 0 Å². The number of halogens is 1. The number of nitrogens with zero attached hydrogens (tertiary/aromatic N) is 1. The second-order valence-corrected chi connectivity index (χ2v) is 7.88. The minimum Gasteiger partial charge on any atom is -0.379 e. The fraction of sp³-hybridized carbons (Fsp3) is 0.562. The normalized spacial score (nSPS) is 21.6. The summed E-state index contributed by atoms with van der Waals surface area (Å²) < 4.78 is 37.1. The van der Waals surface area contributed by atoms with Crippen LogP contribution >= 0.6 is 12.4 Å². The molecule has 26 heavy (non-hydrogen) atoms. The Morgan fingerprint density at radius 2 is 1.88 bits per heavy atom. The van der Waals surface area contributed by atoms with Crippen LogP contribution in [0.2, 0.25) is 0 Å². The molecule has 146 valence electrons. The highest BCUT2D eigenvalue weighted by atomic mass is 35.5. The Hall–Kier alpha value is -1.23. The van der Waals surface area contributed by atoms with Crippen molar-refractivity contribution in [3.63, 3.8) is 0 Å². The number of hydrogen-bond donors (Lipinski definition) is 2. The van der Waals surface area contributed by atoms with Crippen LogP contribution in [0, 0.1) is 0 Å². The molecule has 2 fully saturated rings. The van der Waals surface area contributed by atoms with Crippen LogP contribution in [0.5, 0.6) is 0 Å². The van der Waals surface area contributed by atoms with Gasteiger partial charge in [0.25, 0.3) is 5.91 Å². The van der Waals surface area contributed by atoms with Crippen molar-refractivity contribution in [3.05, 3.63) is 29.8 Å². The predicted octanol–water partition coefficient (Wildman–Crippen LogP) is -0.266. The standard InChI is InChI=1S/C16H23N3O5S.ClH/c20-16(15-12-17-5-8-24-15)18-11-13-1-3-14(4-2-13)25(21,22)19-6-9-23-10-7-19;/h1-4,15,17H,5-12H2,(H,18,20);1H. The molecule has 2 heterocycles. The summed E-state index contributed by atoms with van der Waals surface area (Å²) in [6.45, 7) is 3.68. The van der Waals surface area contributed by atoms with E-state index < -0.39 is 16.1 Å². The lowest BCUT2D eigenvalue weighted by atomic mass is 10.2. The number of rotatable bonds is 5. The number of hydrogen-bond acceptors (Lipinski definition) is 6. The summed E-state index contributed by atoms with van der Waals surface area (Å²) >= 11 is 0. The molecule has 0 aliphatic carbocycles. The van der Waals surface area contributed by atoms with Crippen molar-refractivity contribution < 1.29 is 22.7 Å². The molecule has 1 amide bonds. The van der Waals surface area contributed by atoms with Crippen molar-refractivity contribution in [2.24, 2.45) is 0 Å². The third-order valence-corrected chi connectivity index (χ3v) is 6.13. The second-order valence-electron chi connectivity index (χ2n) is 5.94. The quantitative estimate of drug-likeness (QED) is 0.700. The lowest BCUT2D eigenvalue weighted by Crippen LogP contribution is -2.47. The maximum Gasteiger partial charge on any atom is 0.250 e. The molecule has 10 heteroatoms. The lowest BCUT2D eigenvalue weighted by molar-refractivity contribution is -0.134. The largest absolute Gasteiger partial charge is 0.379 e. The molecule has 1 aromatic carbocycles. The molecule has 0 radical (unpaired) electrons. The third kappa shape index (κ3) is 5.15. The molecule has 1 aromatic rings. The number of benzene rings is 1. The molecule has 2 N–H and O–H groups in total. The van der Waals surface area contributed by atoms with Gasteiger partial charge in [-0.15, -0.1) is 12.4 Å². The van der Waals surface area contributed by atoms with Gasteiger partial charge in [0, 0.05) is 32.7 Å². The number of morpholine rings is 2. The van der Waals surface area contributed by atoms with Gasteiger partial charge in [0.1, 0.15) is 6.10 Å². The Bertz CT molecular complexity index is 686. The zero-order valence-electron chi connectivity index (χ0n) is 14.3. The minimum absolute atomic E-state index is 0. The number of sulfonamides is 1. The van der Waals surface area contributed by atoms with E-state index in [2.05, 4.69) is 10.6 Å². The summed E-state index contributed by atoms with van der Waals surface area (Å²) in [6.07, 6.45) is -0.477. The number of amides is 1. The van der Waals surface area contributed by atoms with Crippen LogP contribution in [0.15, 0.2) is 29.2 Å². The molecule has 0 aromatic heterocycles. The molecule has 3 rings (SSSR count). The van der Waals surface area contributed by atoms with E-state index in [1.807, 2.05) is 0 Å². The fourth-order valence-corrected chi connectivity index (χ4v) is 4.16. The summed E-state index contributed by atoms with van der Waals surface area (Å²) in [6, 6.07) is 6.58. The van der Waals surface area contributed by atoms with Gasteiger partial charge in [0.15, 0.2) is 0 Å².